The minimum absolute atomic E-state index is 0.305. The number of rotatable bonds is 0. The Balaban J connectivity index is 2.09. The number of ether oxygens (including phenoxy) is 1. The summed E-state index contributed by atoms with van der Waals surface area (Å²) >= 11 is 0. The molecule has 2 atom stereocenters. The van der Waals surface area contributed by atoms with Crippen LogP contribution in [0.1, 0.15) is 27.2 Å². The highest BCUT2D eigenvalue weighted by atomic mass is 16.5. The molecule has 72 valence electrons. The molecule has 0 spiro atoms. The zero-order chi connectivity index (χ0) is 9.64. The predicted molar refractivity (Wildman–Crippen MR) is 53.9 cm³/mol. The molecule has 1 heterocycles. The molecular weight excluding hydrogens is 162 g/mol. The molecule has 0 bridgehead atoms. The van der Waals surface area contributed by atoms with Gasteiger partial charge in [0.1, 0.15) is 0 Å². The molecule has 0 aromatic carbocycles. The van der Waals surface area contributed by atoms with E-state index < -0.39 is 0 Å². The topological polar surface area (TPSA) is 21.6 Å². The Bertz CT molecular complexity index is 283. The second-order valence-electron chi connectivity index (χ2n) is 4.90. The van der Waals surface area contributed by atoms with E-state index in [1.807, 2.05) is 0 Å². The van der Waals surface area contributed by atoms with Gasteiger partial charge in [0, 0.05) is 12.3 Å². The Hall–Kier alpha value is -0.790. The summed E-state index contributed by atoms with van der Waals surface area (Å²) in [5, 5.41) is 0. The minimum Gasteiger partial charge on any atom is -0.484 e. The monoisotopic (exact) mass is 179 g/mol. The summed E-state index contributed by atoms with van der Waals surface area (Å²) in [6.07, 6.45) is 3.29. The highest BCUT2D eigenvalue weighted by Crippen LogP contribution is 2.46. The number of hydrogen-bond acceptors (Lipinski definition) is 2. The van der Waals surface area contributed by atoms with Gasteiger partial charge in [-0.05, 0) is 5.41 Å². The van der Waals surface area contributed by atoms with Crippen molar-refractivity contribution < 1.29 is 4.74 Å². The summed E-state index contributed by atoms with van der Waals surface area (Å²) in [7, 11) is 1.71. The smallest absolute Gasteiger partial charge is 0.184 e. The van der Waals surface area contributed by atoms with E-state index in [0.29, 0.717) is 17.4 Å². The van der Waals surface area contributed by atoms with Gasteiger partial charge in [0.25, 0.3) is 0 Å². The fourth-order valence-electron chi connectivity index (χ4n) is 2.20. The molecule has 0 aromatic heterocycles. The van der Waals surface area contributed by atoms with Crippen LogP contribution >= 0.6 is 0 Å². The zero-order valence-electron chi connectivity index (χ0n) is 8.79. The van der Waals surface area contributed by atoms with Gasteiger partial charge in [-0.25, -0.2) is 4.99 Å². The Morgan fingerprint density at radius 3 is 2.69 bits per heavy atom. The molecule has 1 aliphatic heterocycles. The summed E-state index contributed by atoms with van der Waals surface area (Å²) in [5.41, 5.74) is 1.85. The molecule has 0 amide bonds. The van der Waals surface area contributed by atoms with Gasteiger partial charge in [-0.15, -0.1) is 0 Å². The van der Waals surface area contributed by atoms with Gasteiger partial charge in [0.15, 0.2) is 5.90 Å². The Morgan fingerprint density at radius 1 is 1.46 bits per heavy atom. The van der Waals surface area contributed by atoms with Crippen LogP contribution in [0.15, 0.2) is 16.6 Å². The summed E-state index contributed by atoms with van der Waals surface area (Å²) in [6, 6.07) is 0.421. The van der Waals surface area contributed by atoms with Crippen molar-refractivity contribution in [3.8, 4) is 0 Å². The van der Waals surface area contributed by atoms with E-state index in [1.165, 1.54) is 0 Å². The second-order valence-corrected chi connectivity index (χ2v) is 4.90. The van der Waals surface area contributed by atoms with Crippen molar-refractivity contribution in [3.05, 3.63) is 11.6 Å². The summed E-state index contributed by atoms with van der Waals surface area (Å²) in [5.74, 6) is 1.56. The zero-order valence-corrected chi connectivity index (χ0v) is 8.79. The van der Waals surface area contributed by atoms with Gasteiger partial charge >= 0.3 is 0 Å². The predicted octanol–water partition coefficient (Wildman–Crippen LogP) is 2.41. The van der Waals surface area contributed by atoms with Crippen molar-refractivity contribution in [2.45, 2.75) is 33.2 Å². The molecule has 2 aliphatic rings. The Kier molecular flexibility index (Phi) is 1.76. The second kappa shape index (κ2) is 2.60. The van der Waals surface area contributed by atoms with Gasteiger partial charge in [-0.1, -0.05) is 32.4 Å². The van der Waals surface area contributed by atoms with Crippen LogP contribution in [0.3, 0.4) is 0 Å². The highest BCUT2D eigenvalue weighted by Gasteiger charge is 2.42. The summed E-state index contributed by atoms with van der Waals surface area (Å²) in [4.78, 5) is 4.46. The van der Waals surface area contributed by atoms with E-state index in [1.54, 1.807) is 12.7 Å². The molecule has 0 radical (unpaired) electrons. The molecule has 0 aromatic rings. The van der Waals surface area contributed by atoms with E-state index in [9.17, 15) is 0 Å². The third-order valence-corrected chi connectivity index (χ3v) is 2.95. The first kappa shape index (κ1) is 8.79. The molecule has 0 N–H and O–H groups in total. The molecule has 1 aliphatic carbocycles. The fraction of sp³-hybridized carbons (Fsp3) is 0.727. The van der Waals surface area contributed by atoms with Crippen molar-refractivity contribution in [2.24, 2.45) is 16.3 Å². The number of methoxy groups -OCH3 is 1. The summed E-state index contributed by atoms with van der Waals surface area (Å²) < 4.78 is 5.17. The van der Waals surface area contributed by atoms with Crippen LogP contribution < -0.4 is 0 Å². The van der Waals surface area contributed by atoms with Crippen LogP contribution in [0.25, 0.3) is 0 Å². The average molecular weight is 179 g/mol. The van der Waals surface area contributed by atoms with Gasteiger partial charge in [-0.3, -0.25) is 0 Å². The first-order valence-electron chi connectivity index (χ1n) is 4.85. The van der Waals surface area contributed by atoms with Gasteiger partial charge < -0.3 is 4.74 Å². The highest BCUT2D eigenvalue weighted by molar-refractivity contribution is 5.80. The van der Waals surface area contributed by atoms with Crippen molar-refractivity contribution >= 4 is 5.90 Å². The quantitative estimate of drug-likeness (QED) is 0.523. The van der Waals surface area contributed by atoms with E-state index >= 15 is 0 Å². The lowest BCUT2D eigenvalue weighted by atomic mass is 9.68. The first-order chi connectivity index (χ1) is 6.02. The Labute approximate surface area is 79.7 Å². The third kappa shape index (κ3) is 1.28. The van der Waals surface area contributed by atoms with E-state index in [2.05, 4.69) is 31.8 Å². The largest absolute Gasteiger partial charge is 0.484 e. The lowest BCUT2D eigenvalue weighted by Crippen LogP contribution is -2.32. The van der Waals surface area contributed by atoms with E-state index in [4.69, 9.17) is 4.74 Å². The number of hydrogen-bond donors (Lipinski definition) is 0. The molecule has 2 nitrogen and oxygen atoms in total. The summed E-state index contributed by atoms with van der Waals surface area (Å²) in [6.45, 7) is 6.79. The molecule has 2 unspecified atom stereocenters. The molecule has 0 saturated carbocycles. The maximum atomic E-state index is 5.17. The maximum absolute atomic E-state index is 5.17. The fourth-order valence-corrected chi connectivity index (χ4v) is 2.20. The Morgan fingerprint density at radius 2 is 2.15 bits per heavy atom. The van der Waals surface area contributed by atoms with Crippen LogP contribution in [0.2, 0.25) is 0 Å². The van der Waals surface area contributed by atoms with Gasteiger partial charge in [0.05, 0.1) is 13.2 Å². The molecule has 0 saturated heterocycles. The third-order valence-electron chi connectivity index (χ3n) is 2.95. The molecule has 2 rings (SSSR count). The molecule has 2 heteroatoms. The van der Waals surface area contributed by atoms with Crippen LogP contribution in [-0.2, 0) is 4.74 Å². The normalized spacial score (nSPS) is 31.7. The van der Waals surface area contributed by atoms with Crippen molar-refractivity contribution in [3.63, 3.8) is 0 Å². The van der Waals surface area contributed by atoms with Gasteiger partial charge in [0.2, 0.25) is 0 Å². The van der Waals surface area contributed by atoms with Crippen molar-refractivity contribution in [1.29, 1.82) is 0 Å². The van der Waals surface area contributed by atoms with Crippen molar-refractivity contribution in [2.75, 3.05) is 7.11 Å². The molecular formula is C11H17NO. The SMILES string of the molecule is COC1=NC2C=C(C(C)(C)C)C2C1. The van der Waals surface area contributed by atoms with Crippen LogP contribution in [0.5, 0.6) is 0 Å². The standard InChI is InChI=1S/C11H17NO/c1-11(2,3)8-6-9-7(8)5-10(12-9)13-4/h6-7,9H,5H2,1-4H3. The number of aliphatic imine (C=N–C) groups is 1. The lowest BCUT2D eigenvalue weighted by Gasteiger charge is -2.37. The van der Waals surface area contributed by atoms with E-state index in [-0.39, 0.29) is 0 Å². The van der Waals surface area contributed by atoms with Crippen LogP contribution in [0.4, 0.5) is 0 Å². The lowest BCUT2D eigenvalue weighted by molar-refractivity contribution is 0.363. The van der Waals surface area contributed by atoms with Gasteiger partial charge in [-0.2, -0.15) is 0 Å². The number of nitrogens with zero attached hydrogens (tertiary/aromatic N) is 1. The molecule has 13 heavy (non-hydrogen) atoms. The van der Waals surface area contributed by atoms with E-state index in [0.717, 1.165) is 12.3 Å². The maximum Gasteiger partial charge on any atom is 0.184 e. The van der Waals surface area contributed by atoms with Crippen molar-refractivity contribution in [1.82, 2.24) is 0 Å². The first-order valence-corrected chi connectivity index (χ1v) is 4.85. The van der Waals surface area contributed by atoms with Crippen LogP contribution in [0, 0.1) is 11.3 Å². The molecule has 0 fully saturated rings. The minimum atomic E-state index is 0.305. The number of fused-ring (bicyclic) bond motifs is 1. The van der Waals surface area contributed by atoms with Crippen LogP contribution in [-0.4, -0.2) is 19.0 Å². The average Bonchev–Trinajstić information content (AvgIpc) is 2.26.